The van der Waals surface area contributed by atoms with Crippen LogP contribution in [0.4, 0.5) is 4.39 Å². The summed E-state index contributed by atoms with van der Waals surface area (Å²) in [5, 5.41) is 0.297. The first-order valence-electron chi connectivity index (χ1n) is 2.83. The Labute approximate surface area is 82.6 Å². The topological polar surface area (TPSA) is 9.23 Å². The maximum atomic E-state index is 12.7. The minimum Gasteiger partial charge on any atom is -0.495 e. The summed E-state index contributed by atoms with van der Waals surface area (Å²) in [6.07, 6.45) is 0. The Kier molecular flexibility index (Phi) is 2.95. The molecule has 0 amide bonds. The van der Waals surface area contributed by atoms with Gasteiger partial charge in [-0.2, -0.15) is 0 Å². The molecule has 0 heterocycles. The Balaban J connectivity index is 3.21. The fourth-order valence-electron chi connectivity index (χ4n) is 0.661. The highest BCUT2D eigenvalue weighted by atomic mass is 127. The summed E-state index contributed by atoms with van der Waals surface area (Å²) in [5.41, 5.74) is 0. The fraction of sp³-hybridized carbons (Fsp3) is 0.143. The highest BCUT2D eigenvalue weighted by Crippen LogP contribution is 2.27. The molecular formula is C7H5ClFIO. The van der Waals surface area contributed by atoms with E-state index in [0.29, 0.717) is 14.3 Å². The number of hydrogen-bond donors (Lipinski definition) is 0. The van der Waals surface area contributed by atoms with E-state index in [1.165, 1.54) is 13.2 Å². The molecule has 1 aromatic carbocycles. The van der Waals surface area contributed by atoms with E-state index in [1.807, 2.05) is 22.6 Å². The summed E-state index contributed by atoms with van der Waals surface area (Å²) in [6.45, 7) is 0. The average Bonchev–Trinajstić information content (AvgIpc) is 1.97. The molecule has 0 radical (unpaired) electrons. The molecule has 0 fully saturated rings. The van der Waals surface area contributed by atoms with Gasteiger partial charge in [-0.25, -0.2) is 4.39 Å². The van der Waals surface area contributed by atoms with E-state index in [0.717, 1.165) is 0 Å². The Morgan fingerprint density at radius 3 is 2.73 bits per heavy atom. The lowest BCUT2D eigenvalue weighted by Gasteiger charge is -2.03. The molecule has 0 spiro atoms. The van der Waals surface area contributed by atoms with Gasteiger partial charge in [-0.05, 0) is 34.7 Å². The van der Waals surface area contributed by atoms with Crippen LogP contribution in [0.5, 0.6) is 5.75 Å². The molecule has 0 saturated carbocycles. The lowest BCUT2D eigenvalue weighted by atomic mass is 10.3. The van der Waals surface area contributed by atoms with Crippen LogP contribution in [0, 0.1) is 9.39 Å². The van der Waals surface area contributed by atoms with Crippen LogP contribution in [0.15, 0.2) is 12.1 Å². The fourth-order valence-corrected chi connectivity index (χ4v) is 1.33. The molecule has 11 heavy (non-hydrogen) atoms. The van der Waals surface area contributed by atoms with Crippen molar-refractivity contribution in [3.8, 4) is 5.75 Å². The van der Waals surface area contributed by atoms with Gasteiger partial charge in [0.2, 0.25) is 0 Å². The Bertz CT molecular complexity index is 277. The van der Waals surface area contributed by atoms with Gasteiger partial charge in [0.1, 0.15) is 11.6 Å². The van der Waals surface area contributed by atoms with E-state index in [2.05, 4.69) is 0 Å². The van der Waals surface area contributed by atoms with Gasteiger partial charge in [-0.15, -0.1) is 0 Å². The molecule has 1 nitrogen and oxygen atoms in total. The quantitative estimate of drug-likeness (QED) is 0.569. The molecule has 0 N–H and O–H groups in total. The van der Waals surface area contributed by atoms with Gasteiger partial charge in [0.15, 0.2) is 0 Å². The van der Waals surface area contributed by atoms with Crippen molar-refractivity contribution in [3.63, 3.8) is 0 Å². The van der Waals surface area contributed by atoms with Crippen molar-refractivity contribution in [2.24, 2.45) is 0 Å². The monoisotopic (exact) mass is 286 g/mol. The van der Waals surface area contributed by atoms with Gasteiger partial charge in [0.25, 0.3) is 0 Å². The molecule has 0 aliphatic carbocycles. The maximum absolute atomic E-state index is 12.7. The minimum absolute atomic E-state index is 0.297. The minimum atomic E-state index is -0.323. The average molecular weight is 286 g/mol. The molecule has 0 aliphatic heterocycles. The van der Waals surface area contributed by atoms with Crippen LogP contribution in [0.1, 0.15) is 0 Å². The van der Waals surface area contributed by atoms with Crippen LogP contribution in [0.2, 0.25) is 5.02 Å². The Morgan fingerprint density at radius 2 is 2.18 bits per heavy atom. The van der Waals surface area contributed by atoms with Crippen LogP contribution in [-0.4, -0.2) is 7.11 Å². The summed E-state index contributed by atoms with van der Waals surface area (Å²) >= 11 is 7.51. The van der Waals surface area contributed by atoms with Crippen LogP contribution >= 0.6 is 34.2 Å². The number of rotatable bonds is 1. The second-order valence-corrected chi connectivity index (χ2v) is 3.47. The van der Waals surface area contributed by atoms with Crippen molar-refractivity contribution < 1.29 is 9.13 Å². The molecule has 0 saturated heterocycles. The third kappa shape index (κ3) is 1.96. The number of ether oxygens (including phenoxy) is 1. The molecule has 0 bridgehead atoms. The molecule has 0 unspecified atom stereocenters. The van der Waals surface area contributed by atoms with Gasteiger partial charge < -0.3 is 4.74 Å². The Morgan fingerprint density at radius 1 is 1.55 bits per heavy atom. The highest BCUT2D eigenvalue weighted by Gasteiger charge is 2.05. The van der Waals surface area contributed by atoms with Gasteiger partial charge in [0, 0.05) is 0 Å². The largest absolute Gasteiger partial charge is 0.495 e. The summed E-state index contributed by atoms with van der Waals surface area (Å²) in [5.74, 6) is 0.175. The molecule has 60 valence electrons. The number of methoxy groups -OCH3 is 1. The number of benzene rings is 1. The smallest absolute Gasteiger partial charge is 0.138 e. The van der Waals surface area contributed by atoms with Crippen molar-refractivity contribution in [2.75, 3.05) is 7.11 Å². The molecule has 1 rings (SSSR count). The van der Waals surface area contributed by atoms with Gasteiger partial charge in [-0.3, -0.25) is 0 Å². The maximum Gasteiger partial charge on any atom is 0.138 e. The zero-order valence-electron chi connectivity index (χ0n) is 5.70. The van der Waals surface area contributed by atoms with E-state index in [1.54, 1.807) is 6.07 Å². The number of hydrogen-bond acceptors (Lipinski definition) is 1. The summed E-state index contributed by atoms with van der Waals surface area (Å²) in [4.78, 5) is 0. The van der Waals surface area contributed by atoms with Gasteiger partial charge in [0.05, 0.1) is 15.7 Å². The summed E-state index contributed by atoms with van der Waals surface area (Å²) in [7, 11) is 1.50. The zero-order valence-corrected chi connectivity index (χ0v) is 8.61. The van der Waals surface area contributed by atoms with E-state index < -0.39 is 0 Å². The van der Waals surface area contributed by atoms with E-state index in [4.69, 9.17) is 16.3 Å². The second kappa shape index (κ2) is 3.58. The standard InChI is InChI=1S/C7H5ClFIO/c1-11-7-3-6(10)5(9)2-4(7)8/h2-3H,1H3. The number of halogens is 3. The SMILES string of the molecule is COc1cc(I)c(F)cc1Cl. The predicted octanol–water partition coefficient (Wildman–Crippen LogP) is 3.09. The van der Waals surface area contributed by atoms with Crippen LogP contribution in [-0.2, 0) is 0 Å². The van der Waals surface area contributed by atoms with Crippen molar-refractivity contribution in [3.05, 3.63) is 26.5 Å². The first kappa shape index (κ1) is 9.06. The first-order valence-corrected chi connectivity index (χ1v) is 4.29. The summed E-state index contributed by atoms with van der Waals surface area (Å²) < 4.78 is 18.1. The van der Waals surface area contributed by atoms with E-state index in [-0.39, 0.29) is 5.82 Å². The van der Waals surface area contributed by atoms with Crippen LogP contribution in [0.3, 0.4) is 0 Å². The normalized spacial score (nSPS) is 9.82. The second-order valence-electron chi connectivity index (χ2n) is 1.90. The summed E-state index contributed by atoms with van der Waals surface area (Å²) in [6, 6.07) is 2.79. The third-order valence-electron chi connectivity index (χ3n) is 1.19. The lowest BCUT2D eigenvalue weighted by Crippen LogP contribution is -1.88. The molecule has 0 aliphatic rings. The van der Waals surface area contributed by atoms with Crippen molar-refractivity contribution in [2.45, 2.75) is 0 Å². The zero-order chi connectivity index (χ0) is 8.43. The molecule has 1 aromatic rings. The van der Waals surface area contributed by atoms with Crippen molar-refractivity contribution in [1.29, 1.82) is 0 Å². The van der Waals surface area contributed by atoms with E-state index >= 15 is 0 Å². The first-order chi connectivity index (χ1) is 5.15. The third-order valence-corrected chi connectivity index (χ3v) is 2.32. The molecule has 0 aromatic heterocycles. The molecular weight excluding hydrogens is 281 g/mol. The highest BCUT2D eigenvalue weighted by molar-refractivity contribution is 14.1. The lowest BCUT2D eigenvalue weighted by molar-refractivity contribution is 0.413. The van der Waals surface area contributed by atoms with Gasteiger partial charge >= 0.3 is 0 Å². The van der Waals surface area contributed by atoms with Crippen LogP contribution in [0.25, 0.3) is 0 Å². The molecule has 0 atom stereocenters. The predicted molar refractivity (Wildman–Crippen MR) is 50.7 cm³/mol. The van der Waals surface area contributed by atoms with Crippen molar-refractivity contribution >= 4 is 34.2 Å². The molecule has 4 heteroatoms. The Hall–Kier alpha value is -0.0300. The van der Waals surface area contributed by atoms with Gasteiger partial charge in [-0.1, -0.05) is 11.6 Å². The van der Waals surface area contributed by atoms with Crippen molar-refractivity contribution in [1.82, 2.24) is 0 Å². The van der Waals surface area contributed by atoms with Crippen LogP contribution < -0.4 is 4.74 Å². The van der Waals surface area contributed by atoms with E-state index in [9.17, 15) is 4.39 Å².